The molecule has 0 saturated carbocycles. The van der Waals surface area contributed by atoms with Crippen molar-refractivity contribution < 1.29 is 9.84 Å². The van der Waals surface area contributed by atoms with Crippen molar-refractivity contribution in [2.24, 2.45) is 0 Å². The number of rotatable bonds is 5. The normalized spacial score (nSPS) is 16.7. The zero-order chi connectivity index (χ0) is 16.9. The summed E-state index contributed by atoms with van der Waals surface area (Å²) in [5.41, 5.74) is 2.43. The molecule has 2 heterocycles. The summed E-state index contributed by atoms with van der Waals surface area (Å²) in [5, 5.41) is 13.0. The molecule has 1 atom stereocenters. The fourth-order valence-electron chi connectivity index (χ4n) is 3.02. The van der Waals surface area contributed by atoms with Crippen molar-refractivity contribution in [1.82, 2.24) is 4.98 Å². The van der Waals surface area contributed by atoms with Crippen molar-refractivity contribution in [2.45, 2.75) is 31.9 Å². The quantitative estimate of drug-likeness (QED) is 0.883. The van der Waals surface area contributed by atoms with E-state index in [9.17, 15) is 5.11 Å². The predicted molar refractivity (Wildman–Crippen MR) is 96.7 cm³/mol. The molecule has 3 rings (SSSR count). The van der Waals surface area contributed by atoms with Gasteiger partial charge in [0.15, 0.2) is 0 Å². The first kappa shape index (κ1) is 16.6. The molecule has 5 nitrogen and oxygen atoms in total. The molecule has 1 aromatic carbocycles. The van der Waals surface area contributed by atoms with Gasteiger partial charge in [0.05, 0.1) is 13.2 Å². The molecule has 1 unspecified atom stereocenters. The Morgan fingerprint density at radius 2 is 1.92 bits per heavy atom. The van der Waals surface area contributed by atoms with Crippen LogP contribution < -0.4 is 15.0 Å². The summed E-state index contributed by atoms with van der Waals surface area (Å²) in [5.74, 6) is 1.60. The number of hydrogen-bond donors (Lipinski definition) is 2. The van der Waals surface area contributed by atoms with Gasteiger partial charge in [-0.1, -0.05) is 12.1 Å². The molecule has 1 saturated heterocycles. The van der Waals surface area contributed by atoms with Crippen LogP contribution >= 0.6 is 0 Å². The molecule has 0 aliphatic carbocycles. The van der Waals surface area contributed by atoms with Gasteiger partial charge in [0.1, 0.15) is 11.6 Å². The second-order valence-corrected chi connectivity index (χ2v) is 6.26. The summed E-state index contributed by atoms with van der Waals surface area (Å²) in [7, 11) is 1.65. The Balaban J connectivity index is 1.64. The third kappa shape index (κ3) is 3.97. The summed E-state index contributed by atoms with van der Waals surface area (Å²) >= 11 is 0. The minimum Gasteiger partial charge on any atom is -0.497 e. The molecule has 1 fully saturated rings. The van der Waals surface area contributed by atoms with E-state index in [1.807, 2.05) is 12.1 Å². The minimum atomic E-state index is -0.139. The fraction of sp³-hybridized carbons (Fsp3) is 0.421. The van der Waals surface area contributed by atoms with Crippen LogP contribution in [0.15, 0.2) is 42.6 Å². The number of methoxy groups -OCH3 is 1. The molecule has 0 bridgehead atoms. The topological polar surface area (TPSA) is 57.6 Å². The number of aromatic nitrogens is 1. The highest BCUT2D eigenvalue weighted by atomic mass is 16.5. The van der Waals surface area contributed by atoms with Gasteiger partial charge in [-0.3, -0.25) is 0 Å². The third-order valence-corrected chi connectivity index (χ3v) is 4.55. The van der Waals surface area contributed by atoms with Gasteiger partial charge < -0.3 is 20.1 Å². The van der Waals surface area contributed by atoms with Crippen LogP contribution in [-0.4, -0.2) is 36.4 Å². The minimum absolute atomic E-state index is 0.139. The molecule has 2 aromatic rings. The largest absolute Gasteiger partial charge is 0.497 e. The van der Waals surface area contributed by atoms with Crippen LogP contribution in [0.1, 0.15) is 31.4 Å². The number of aliphatic hydroxyl groups excluding tert-OH is 1. The van der Waals surface area contributed by atoms with E-state index in [2.05, 4.69) is 46.4 Å². The monoisotopic (exact) mass is 327 g/mol. The lowest BCUT2D eigenvalue weighted by Gasteiger charge is -2.31. The Hall–Kier alpha value is -2.27. The first-order valence-corrected chi connectivity index (χ1v) is 8.45. The van der Waals surface area contributed by atoms with E-state index in [1.54, 1.807) is 13.3 Å². The highest BCUT2D eigenvalue weighted by molar-refractivity contribution is 5.50. The highest BCUT2D eigenvalue weighted by Gasteiger charge is 2.17. The van der Waals surface area contributed by atoms with Gasteiger partial charge in [0.2, 0.25) is 0 Å². The summed E-state index contributed by atoms with van der Waals surface area (Å²) < 4.78 is 5.23. The first-order chi connectivity index (χ1) is 11.7. The van der Waals surface area contributed by atoms with Gasteiger partial charge in [-0.25, -0.2) is 4.98 Å². The van der Waals surface area contributed by atoms with Gasteiger partial charge in [0.25, 0.3) is 0 Å². The van der Waals surface area contributed by atoms with Gasteiger partial charge in [-0.2, -0.15) is 0 Å². The van der Waals surface area contributed by atoms with Crippen molar-refractivity contribution in [3.63, 3.8) is 0 Å². The second-order valence-electron chi connectivity index (χ2n) is 6.26. The maximum atomic E-state index is 9.62. The van der Waals surface area contributed by atoms with Crippen LogP contribution in [0.3, 0.4) is 0 Å². The number of benzene rings is 1. The number of nitrogens with zero attached hydrogens (tertiary/aromatic N) is 2. The molecule has 1 aliphatic rings. The zero-order valence-corrected chi connectivity index (χ0v) is 14.3. The van der Waals surface area contributed by atoms with Crippen LogP contribution in [0.2, 0.25) is 0 Å². The Morgan fingerprint density at radius 3 is 2.58 bits per heavy atom. The van der Waals surface area contributed by atoms with Gasteiger partial charge in [0, 0.05) is 37.1 Å². The molecule has 2 N–H and O–H groups in total. The van der Waals surface area contributed by atoms with E-state index < -0.39 is 0 Å². The maximum Gasteiger partial charge on any atom is 0.130 e. The van der Waals surface area contributed by atoms with Crippen molar-refractivity contribution in [2.75, 3.05) is 30.4 Å². The summed E-state index contributed by atoms with van der Waals surface area (Å²) in [6, 6.07) is 12.5. The lowest BCUT2D eigenvalue weighted by Crippen LogP contribution is -2.35. The van der Waals surface area contributed by atoms with Crippen molar-refractivity contribution in [1.29, 1.82) is 0 Å². The van der Waals surface area contributed by atoms with E-state index in [0.29, 0.717) is 0 Å². The second kappa shape index (κ2) is 7.53. The Morgan fingerprint density at radius 1 is 1.21 bits per heavy atom. The Bertz CT molecular complexity index is 652. The van der Waals surface area contributed by atoms with E-state index in [1.165, 1.54) is 11.3 Å². The molecule has 128 valence electrons. The fourth-order valence-corrected chi connectivity index (χ4v) is 3.02. The van der Waals surface area contributed by atoms with E-state index >= 15 is 0 Å². The Kier molecular flexibility index (Phi) is 5.20. The first-order valence-electron chi connectivity index (χ1n) is 8.45. The standard InChI is InChI=1S/C19H25N3O2/c1-14(21-19-13-18(24-2)7-10-20-19)15-3-5-16(6-4-15)22-11-8-17(23)9-12-22/h3-7,10,13-14,17,23H,8-9,11-12H2,1-2H3,(H,20,21). The lowest BCUT2D eigenvalue weighted by atomic mass is 10.0. The third-order valence-electron chi connectivity index (χ3n) is 4.55. The average Bonchev–Trinajstić information content (AvgIpc) is 2.62. The van der Waals surface area contributed by atoms with Crippen molar-refractivity contribution in [3.05, 3.63) is 48.2 Å². The van der Waals surface area contributed by atoms with E-state index in [4.69, 9.17) is 4.74 Å². The molecule has 5 heteroatoms. The maximum absolute atomic E-state index is 9.62. The van der Waals surface area contributed by atoms with Gasteiger partial charge >= 0.3 is 0 Å². The van der Waals surface area contributed by atoms with E-state index in [0.717, 1.165) is 37.5 Å². The van der Waals surface area contributed by atoms with Crippen molar-refractivity contribution in [3.8, 4) is 5.75 Å². The molecular formula is C19H25N3O2. The Labute approximate surface area is 143 Å². The predicted octanol–water partition coefficient (Wildman–Crippen LogP) is 3.22. The number of hydrogen-bond acceptors (Lipinski definition) is 5. The van der Waals surface area contributed by atoms with E-state index in [-0.39, 0.29) is 12.1 Å². The number of pyridine rings is 1. The van der Waals surface area contributed by atoms with Crippen LogP contribution in [-0.2, 0) is 0 Å². The number of nitrogens with one attached hydrogen (secondary N) is 1. The molecule has 0 spiro atoms. The zero-order valence-electron chi connectivity index (χ0n) is 14.3. The number of piperidine rings is 1. The van der Waals surface area contributed by atoms with Crippen LogP contribution in [0.25, 0.3) is 0 Å². The molecule has 0 amide bonds. The smallest absolute Gasteiger partial charge is 0.130 e. The summed E-state index contributed by atoms with van der Waals surface area (Å²) in [6.07, 6.45) is 3.30. The number of ether oxygens (including phenoxy) is 1. The molecule has 1 aromatic heterocycles. The molecule has 1 aliphatic heterocycles. The number of aliphatic hydroxyl groups is 1. The molecule has 0 radical (unpaired) electrons. The van der Waals surface area contributed by atoms with Crippen molar-refractivity contribution >= 4 is 11.5 Å². The van der Waals surface area contributed by atoms with Gasteiger partial charge in [-0.05, 0) is 43.5 Å². The molecule has 24 heavy (non-hydrogen) atoms. The number of anilines is 2. The van der Waals surface area contributed by atoms with Crippen LogP contribution in [0, 0.1) is 0 Å². The summed E-state index contributed by atoms with van der Waals surface area (Å²) in [6.45, 7) is 3.96. The lowest BCUT2D eigenvalue weighted by molar-refractivity contribution is 0.145. The highest BCUT2D eigenvalue weighted by Crippen LogP contribution is 2.25. The van der Waals surface area contributed by atoms with Gasteiger partial charge in [-0.15, -0.1) is 0 Å². The summed E-state index contributed by atoms with van der Waals surface area (Å²) in [4.78, 5) is 6.66. The SMILES string of the molecule is COc1ccnc(NC(C)c2ccc(N3CCC(O)CC3)cc2)c1. The average molecular weight is 327 g/mol. The van der Waals surface area contributed by atoms with Crippen LogP contribution in [0.5, 0.6) is 5.75 Å². The molecular weight excluding hydrogens is 302 g/mol. The van der Waals surface area contributed by atoms with Crippen LogP contribution in [0.4, 0.5) is 11.5 Å².